The summed E-state index contributed by atoms with van der Waals surface area (Å²) in [6, 6.07) is 10.3. The lowest BCUT2D eigenvalue weighted by Crippen LogP contribution is -2.37. The molecule has 3 rings (SSSR count). The summed E-state index contributed by atoms with van der Waals surface area (Å²) in [6.07, 6.45) is 12.6. The van der Waals surface area contributed by atoms with E-state index in [0.29, 0.717) is 12.1 Å². The minimum Gasteiger partial charge on any atom is -0.307 e. The van der Waals surface area contributed by atoms with Gasteiger partial charge in [0.25, 0.3) is 0 Å². The highest BCUT2D eigenvalue weighted by molar-refractivity contribution is 5.32. The van der Waals surface area contributed by atoms with E-state index in [1.807, 2.05) is 0 Å². The van der Waals surface area contributed by atoms with Crippen molar-refractivity contribution in [1.29, 1.82) is 0 Å². The molecule has 1 saturated carbocycles. The Labute approximate surface area is 124 Å². The highest BCUT2D eigenvalue weighted by Crippen LogP contribution is 2.32. The largest absolute Gasteiger partial charge is 0.307 e. The Bertz CT molecular complexity index is 418. The zero-order valence-electron chi connectivity index (χ0n) is 12.9. The van der Waals surface area contributed by atoms with Crippen LogP contribution in [0.2, 0.25) is 0 Å². The van der Waals surface area contributed by atoms with E-state index in [4.69, 9.17) is 0 Å². The van der Waals surface area contributed by atoms with E-state index in [2.05, 4.69) is 36.5 Å². The van der Waals surface area contributed by atoms with Gasteiger partial charge < -0.3 is 5.32 Å². The van der Waals surface area contributed by atoms with E-state index >= 15 is 0 Å². The fourth-order valence-corrected chi connectivity index (χ4v) is 4.19. The molecule has 0 spiro atoms. The summed E-state index contributed by atoms with van der Waals surface area (Å²) < 4.78 is 0. The molecule has 0 radical (unpaired) electrons. The van der Waals surface area contributed by atoms with Gasteiger partial charge >= 0.3 is 0 Å². The third kappa shape index (κ3) is 3.25. The van der Waals surface area contributed by atoms with E-state index in [1.165, 1.54) is 57.8 Å². The molecule has 0 amide bonds. The van der Waals surface area contributed by atoms with Gasteiger partial charge in [0.1, 0.15) is 0 Å². The van der Waals surface area contributed by atoms with Gasteiger partial charge in [-0.25, -0.2) is 0 Å². The van der Waals surface area contributed by atoms with Crippen molar-refractivity contribution in [2.45, 2.75) is 76.8 Å². The maximum atomic E-state index is 3.97. The molecule has 1 aromatic rings. The standard InChI is InChI=1S/C19H29N/c1-15(16-9-4-2-3-5-10-16)20-19-14-8-12-17-11-6-7-13-18(17)19/h6-7,11,13,15-16,19-20H,2-5,8-10,12,14H2,1H3/t15-,19?/m1/s1. The van der Waals surface area contributed by atoms with Crippen LogP contribution in [0.15, 0.2) is 24.3 Å². The summed E-state index contributed by atoms with van der Waals surface area (Å²) >= 11 is 0. The Morgan fingerprint density at radius 3 is 2.50 bits per heavy atom. The molecule has 2 atom stereocenters. The van der Waals surface area contributed by atoms with Crippen molar-refractivity contribution < 1.29 is 0 Å². The van der Waals surface area contributed by atoms with E-state index in [9.17, 15) is 0 Å². The first-order valence-electron chi connectivity index (χ1n) is 8.68. The van der Waals surface area contributed by atoms with Crippen molar-refractivity contribution >= 4 is 0 Å². The van der Waals surface area contributed by atoms with Crippen LogP contribution in [0.4, 0.5) is 0 Å². The molecule has 2 aliphatic rings. The van der Waals surface area contributed by atoms with Crippen LogP contribution < -0.4 is 5.32 Å². The van der Waals surface area contributed by atoms with Crippen molar-refractivity contribution in [2.75, 3.05) is 0 Å². The van der Waals surface area contributed by atoms with Crippen molar-refractivity contribution in [2.24, 2.45) is 5.92 Å². The molecular formula is C19H29N. The maximum absolute atomic E-state index is 3.97. The maximum Gasteiger partial charge on any atom is 0.0325 e. The van der Waals surface area contributed by atoms with Crippen LogP contribution in [0.5, 0.6) is 0 Å². The second kappa shape index (κ2) is 6.76. The molecule has 1 fully saturated rings. The van der Waals surface area contributed by atoms with Gasteiger partial charge in [0.05, 0.1) is 0 Å². The molecule has 0 saturated heterocycles. The number of benzene rings is 1. The van der Waals surface area contributed by atoms with Crippen LogP contribution in [0.3, 0.4) is 0 Å². The third-order valence-corrected chi connectivity index (χ3v) is 5.44. The van der Waals surface area contributed by atoms with E-state index < -0.39 is 0 Å². The number of fused-ring (bicyclic) bond motifs is 1. The number of aryl methyl sites for hydroxylation is 1. The van der Waals surface area contributed by atoms with Gasteiger partial charge in [0.2, 0.25) is 0 Å². The van der Waals surface area contributed by atoms with E-state index in [-0.39, 0.29) is 0 Å². The highest BCUT2D eigenvalue weighted by Gasteiger charge is 2.25. The van der Waals surface area contributed by atoms with Crippen LogP contribution in [0, 0.1) is 5.92 Å². The zero-order valence-corrected chi connectivity index (χ0v) is 12.9. The summed E-state index contributed by atoms with van der Waals surface area (Å²) in [5, 5.41) is 3.97. The Morgan fingerprint density at radius 2 is 1.70 bits per heavy atom. The van der Waals surface area contributed by atoms with Gasteiger partial charge in [-0.05, 0) is 56.1 Å². The molecule has 0 heterocycles. The molecule has 1 nitrogen and oxygen atoms in total. The Hall–Kier alpha value is -0.820. The topological polar surface area (TPSA) is 12.0 Å². The minimum atomic E-state index is 0.596. The second-order valence-corrected chi connectivity index (χ2v) is 6.85. The van der Waals surface area contributed by atoms with Crippen molar-refractivity contribution in [3.05, 3.63) is 35.4 Å². The van der Waals surface area contributed by atoms with Crippen LogP contribution in [-0.4, -0.2) is 6.04 Å². The minimum absolute atomic E-state index is 0.596. The fourth-order valence-electron chi connectivity index (χ4n) is 4.19. The molecule has 1 aromatic carbocycles. The lowest BCUT2D eigenvalue weighted by atomic mass is 9.85. The number of nitrogens with one attached hydrogen (secondary N) is 1. The van der Waals surface area contributed by atoms with Crippen LogP contribution in [0.25, 0.3) is 0 Å². The number of hydrogen-bond acceptors (Lipinski definition) is 1. The van der Waals surface area contributed by atoms with Gasteiger partial charge in [-0.1, -0.05) is 49.9 Å². The smallest absolute Gasteiger partial charge is 0.0325 e. The molecule has 0 aromatic heterocycles. The quantitative estimate of drug-likeness (QED) is 0.762. The van der Waals surface area contributed by atoms with Crippen molar-refractivity contribution in [3.63, 3.8) is 0 Å². The molecule has 110 valence electrons. The second-order valence-electron chi connectivity index (χ2n) is 6.85. The first-order chi connectivity index (χ1) is 9.84. The molecule has 1 unspecified atom stereocenters. The van der Waals surface area contributed by atoms with E-state index in [0.717, 1.165) is 5.92 Å². The first-order valence-corrected chi connectivity index (χ1v) is 8.68. The summed E-state index contributed by atoms with van der Waals surface area (Å²) in [5.41, 5.74) is 3.14. The van der Waals surface area contributed by atoms with Crippen molar-refractivity contribution in [3.8, 4) is 0 Å². The van der Waals surface area contributed by atoms with Gasteiger partial charge in [-0.2, -0.15) is 0 Å². The summed E-state index contributed by atoms with van der Waals surface area (Å²) in [7, 11) is 0. The number of hydrogen-bond donors (Lipinski definition) is 1. The van der Waals surface area contributed by atoms with Gasteiger partial charge in [-0.3, -0.25) is 0 Å². The summed E-state index contributed by atoms with van der Waals surface area (Å²) in [5.74, 6) is 0.895. The lowest BCUT2D eigenvalue weighted by molar-refractivity contribution is 0.297. The van der Waals surface area contributed by atoms with Gasteiger partial charge in [-0.15, -0.1) is 0 Å². The predicted octanol–water partition coefficient (Wildman–Crippen LogP) is 5.01. The monoisotopic (exact) mass is 271 g/mol. The fraction of sp³-hybridized carbons (Fsp3) is 0.684. The molecule has 1 N–H and O–H groups in total. The SMILES string of the molecule is C[C@@H](NC1CCCc2ccccc21)C1CCCCCC1. The molecule has 1 heteroatoms. The third-order valence-electron chi connectivity index (χ3n) is 5.44. The highest BCUT2D eigenvalue weighted by atomic mass is 15.0. The Kier molecular flexibility index (Phi) is 4.77. The molecule has 0 bridgehead atoms. The lowest BCUT2D eigenvalue weighted by Gasteiger charge is -2.32. The average molecular weight is 271 g/mol. The molecular weight excluding hydrogens is 242 g/mol. The van der Waals surface area contributed by atoms with Crippen LogP contribution in [-0.2, 0) is 6.42 Å². The predicted molar refractivity (Wildman–Crippen MR) is 85.9 cm³/mol. The normalized spacial score (nSPS) is 25.8. The van der Waals surface area contributed by atoms with Crippen LogP contribution in [0.1, 0.15) is 75.5 Å². The van der Waals surface area contributed by atoms with Crippen molar-refractivity contribution in [1.82, 2.24) is 5.32 Å². The zero-order chi connectivity index (χ0) is 13.8. The number of rotatable bonds is 3. The van der Waals surface area contributed by atoms with E-state index in [1.54, 1.807) is 11.1 Å². The Morgan fingerprint density at radius 1 is 0.950 bits per heavy atom. The molecule has 0 aliphatic heterocycles. The van der Waals surface area contributed by atoms with Gasteiger partial charge in [0, 0.05) is 12.1 Å². The first kappa shape index (κ1) is 14.1. The Balaban J connectivity index is 1.65. The summed E-state index contributed by atoms with van der Waals surface area (Å²) in [4.78, 5) is 0. The van der Waals surface area contributed by atoms with Gasteiger partial charge in [0.15, 0.2) is 0 Å². The molecule has 20 heavy (non-hydrogen) atoms. The summed E-state index contributed by atoms with van der Waals surface area (Å²) in [6.45, 7) is 2.42. The van der Waals surface area contributed by atoms with Crippen LogP contribution >= 0.6 is 0 Å². The molecule has 2 aliphatic carbocycles. The average Bonchev–Trinajstić information content (AvgIpc) is 2.77.